The monoisotopic (exact) mass is 369 g/mol. The van der Waals surface area contributed by atoms with Gasteiger partial charge in [0.05, 0.1) is 12.3 Å². The molecule has 2 heterocycles. The molecule has 1 aromatic heterocycles. The number of ether oxygens (including phenoxy) is 1. The molecule has 1 aromatic rings. The van der Waals surface area contributed by atoms with E-state index in [1.165, 1.54) is 17.0 Å². The van der Waals surface area contributed by atoms with Crippen molar-refractivity contribution in [1.82, 2.24) is 9.55 Å². The van der Waals surface area contributed by atoms with E-state index in [9.17, 15) is 9.59 Å². The van der Waals surface area contributed by atoms with Gasteiger partial charge in [-0.1, -0.05) is 25.9 Å². The fourth-order valence-corrected chi connectivity index (χ4v) is 3.84. The maximum absolute atomic E-state index is 12.1. The molecule has 0 spiro atoms. The summed E-state index contributed by atoms with van der Waals surface area (Å²) in [5.74, 6) is 0. The van der Waals surface area contributed by atoms with Gasteiger partial charge in [0, 0.05) is 18.2 Å². The lowest BCUT2D eigenvalue weighted by Crippen LogP contribution is -2.46. The van der Waals surface area contributed by atoms with Crippen LogP contribution in [0.5, 0.6) is 0 Å². The van der Waals surface area contributed by atoms with E-state index in [1.54, 1.807) is 6.92 Å². The zero-order valence-electron chi connectivity index (χ0n) is 15.6. The number of nitrogens with one attached hydrogen (secondary N) is 1. The van der Waals surface area contributed by atoms with Crippen molar-refractivity contribution in [3.8, 4) is 0 Å². The van der Waals surface area contributed by atoms with Crippen LogP contribution >= 0.6 is 0 Å². The highest BCUT2D eigenvalue weighted by atomic mass is 28.4. The lowest BCUT2D eigenvalue weighted by atomic mass is 10.2. The molecule has 1 aliphatic rings. The maximum atomic E-state index is 12.1. The standard InChI is InChI=1S/C16H27N3O5Si/c1-10-9-19(15(21)18-14(10)20)13-7-11(12(23-13)8-17-22)24-25(5,6)16(2,3)4/h8-9,11-13,22H,7H2,1-6H3,(H,18,20,21)/b17-8+. The van der Waals surface area contributed by atoms with Crippen LogP contribution in [0.1, 0.15) is 39.0 Å². The molecule has 0 aromatic carbocycles. The Kier molecular flexibility index (Phi) is 5.40. The van der Waals surface area contributed by atoms with Gasteiger partial charge in [-0.25, -0.2) is 4.79 Å². The van der Waals surface area contributed by atoms with Crippen molar-refractivity contribution in [3.05, 3.63) is 32.6 Å². The van der Waals surface area contributed by atoms with Crippen LogP contribution < -0.4 is 11.2 Å². The third-order valence-electron chi connectivity index (χ3n) is 5.04. The SMILES string of the molecule is Cc1cn(C2CC(O[Si](C)(C)C(C)(C)C)C(/C=N/O)O2)c(=O)[nH]c1=O. The molecule has 8 nitrogen and oxygen atoms in total. The van der Waals surface area contributed by atoms with Gasteiger partial charge in [-0.05, 0) is 25.1 Å². The topological polar surface area (TPSA) is 106 Å². The highest BCUT2D eigenvalue weighted by Crippen LogP contribution is 2.40. The van der Waals surface area contributed by atoms with Crippen LogP contribution in [0.4, 0.5) is 0 Å². The van der Waals surface area contributed by atoms with Crippen LogP contribution in [0, 0.1) is 6.92 Å². The molecule has 1 aliphatic heterocycles. The molecule has 0 aliphatic carbocycles. The number of aryl methyl sites for hydroxylation is 1. The summed E-state index contributed by atoms with van der Waals surface area (Å²) in [4.78, 5) is 25.9. The minimum atomic E-state index is -2.07. The van der Waals surface area contributed by atoms with E-state index < -0.39 is 31.9 Å². The summed E-state index contributed by atoms with van der Waals surface area (Å²) < 4.78 is 13.6. The summed E-state index contributed by atoms with van der Waals surface area (Å²) in [5, 5.41) is 12.0. The van der Waals surface area contributed by atoms with E-state index in [0.29, 0.717) is 12.0 Å². The first kappa shape index (κ1) is 19.6. The number of aromatic nitrogens is 2. The molecule has 9 heteroatoms. The Labute approximate surface area is 147 Å². The Morgan fingerprint density at radius 2 is 2.08 bits per heavy atom. The van der Waals surface area contributed by atoms with Crippen molar-refractivity contribution >= 4 is 14.5 Å². The Hall–Kier alpha value is -1.71. The summed E-state index contributed by atoms with van der Waals surface area (Å²) in [6.07, 6.45) is 1.69. The molecule has 0 radical (unpaired) electrons. The lowest BCUT2D eigenvalue weighted by Gasteiger charge is -2.38. The molecular formula is C16H27N3O5Si. The minimum absolute atomic E-state index is 0.0113. The summed E-state index contributed by atoms with van der Waals surface area (Å²) in [7, 11) is -2.07. The van der Waals surface area contributed by atoms with Gasteiger partial charge in [-0.3, -0.25) is 14.3 Å². The fourth-order valence-electron chi connectivity index (χ4n) is 2.50. The van der Waals surface area contributed by atoms with Gasteiger partial charge < -0.3 is 14.4 Å². The Bertz CT molecular complexity index is 762. The summed E-state index contributed by atoms with van der Waals surface area (Å²) >= 11 is 0. The van der Waals surface area contributed by atoms with Gasteiger partial charge in [0.2, 0.25) is 0 Å². The number of aromatic amines is 1. The second-order valence-corrected chi connectivity index (χ2v) is 12.7. The van der Waals surface area contributed by atoms with Crippen LogP contribution in [-0.4, -0.2) is 41.5 Å². The molecular weight excluding hydrogens is 342 g/mol. The van der Waals surface area contributed by atoms with Crippen LogP contribution in [0.15, 0.2) is 20.9 Å². The Morgan fingerprint density at radius 1 is 1.44 bits per heavy atom. The third-order valence-corrected chi connectivity index (χ3v) is 9.54. The second kappa shape index (κ2) is 6.89. The van der Waals surface area contributed by atoms with Crippen LogP contribution in [0.2, 0.25) is 18.1 Å². The van der Waals surface area contributed by atoms with Crippen molar-refractivity contribution in [2.75, 3.05) is 0 Å². The highest BCUT2D eigenvalue weighted by Gasteiger charge is 2.45. The number of nitrogens with zero attached hydrogens (tertiary/aromatic N) is 2. The van der Waals surface area contributed by atoms with Gasteiger partial charge in [-0.2, -0.15) is 0 Å². The van der Waals surface area contributed by atoms with E-state index in [4.69, 9.17) is 14.4 Å². The average Bonchev–Trinajstić information content (AvgIpc) is 2.84. The molecule has 3 atom stereocenters. The first-order valence-corrected chi connectivity index (χ1v) is 11.2. The largest absolute Gasteiger partial charge is 0.411 e. The summed E-state index contributed by atoms with van der Waals surface area (Å²) in [6, 6.07) is 0. The van der Waals surface area contributed by atoms with E-state index in [2.05, 4.69) is 44.0 Å². The van der Waals surface area contributed by atoms with E-state index in [0.717, 1.165) is 0 Å². The molecule has 25 heavy (non-hydrogen) atoms. The molecule has 3 unspecified atom stereocenters. The molecule has 2 N–H and O–H groups in total. The minimum Gasteiger partial charge on any atom is -0.411 e. The molecule has 1 saturated heterocycles. The van der Waals surface area contributed by atoms with Gasteiger partial charge in [0.25, 0.3) is 5.56 Å². The predicted molar refractivity (Wildman–Crippen MR) is 96.9 cm³/mol. The number of hydrogen-bond acceptors (Lipinski definition) is 6. The summed E-state index contributed by atoms with van der Waals surface area (Å²) in [6.45, 7) is 12.3. The van der Waals surface area contributed by atoms with E-state index in [-0.39, 0.29) is 11.1 Å². The maximum Gasteiger partial charge on any atom is 0.330 e. The van der Waals surface area contributed by atoms with Gasteiger partial charge in [0.1, 0.15) is 12.3 Å². The Balaban J connectivity index is 2.31. The average molecular weight is 369 g/mol. The first-order chi connectivity index (χ1) is 11.5. The quantitative estimate of drug-likeness (QED) is 0.365. The van der Waals surface area contributed by atoms with Gasteiger partial charge in [-0.15, -0.1) is 0 Å². The van der Waals surface area contributed by atoms with Crippen LogP contribution in [-0.2, 0) is 9.16 Å². The van der Waals surface area contributed by atoms with E-state index in [1.807, 2.05) is 0 Å². The van der Waals surface area contributed by atoms with Crippen LogP contribution in [0.3, 0.4) is 0 Å². The van der Waals surface area contributed by atoms with Crippen molar-refractivity contribution in [2.24, 2.45) is 5.16 Å². The molecule has 0 saturated carbocycles. The second-order valence-electron chi connectivity index (χ2n) is 7.95. The molecule has 0 bridgehead atoms. The van der Waals surface area contributed by atoms with Crippen molar-refractivity contribution < 1.29 is 14.4 Å². The summed E-state index contributed by atoms with van der Waals surface area (Å²) in [5.41, 5.74) is -0.528. The zero-order valence-corrected chi connectivity index (χ0v) is 16.6. The number of H-pyrrole nitrogens is 1. The molecule has 0 amide bonds. The fraction of sp³-hybridized carbons (Fsp3) is 0.688. The van der Waals surface area contributed by atoms with Crippen molar-refractivity contribution in [2.45, 2.75) is 70.7 Å². The van der Waals surface area contributed by atoms with Gasteiger partial charge >= 0.3 is 5.69 Å². The molecule has 140 valence electrons. The Morgan fingerprint density at radius 3 is 2.64 bits per heavy atom. The number of hydrogen-bond donors (Lipinski definition) is 2. The van der Waals surface area contributed by atoms with Crippen LogP contribution in [0.25, 0.3) is 0 Å². The van der Waals surface area contributed by atoms with E-state index >= 15 is 0 Å². The lowest BCUT2D eigenvalue weighted by molar-refractivity contribution is 0.0171. The first-order valence-electron chi connectivity index (χ1n) is 8.29. The highest BCUT2D eigenvalue weighted by molar-refractivity contribution is 6.74. The van der Waals surface area contributed by atoms with Crippen molar-refractivity contribution in [1.29, 1.82) is 0 Å². The third kappa shape index (κ3) is 4.10. The van der Waals surface area contributed by atoms with Crippen molar-refractivity contribution in [3.63, 3.8) is 0 Å². The normalized spacial score (nSPS) is 25.0. The number of oxime groups is 1. The van der Waals surface area contributed by atoms with Gasteiger partial charge in [0.15, 0.2) is 8.32 Å². The zero-order chi connectivity index (χ0) is 19.0. The predicted octanol–water partition coefficient (Wildman–Crippen LogP) is 1.98. The number of rotatable bonds is 4. The smallest absolute Gasteiger partial charge is 0.330 e. The molecule has 1 fully saturated rings. The molecule has 2 rings (SSSR count).